The number of hydrogen-bond acceptors (Lipinski definition) is 7. The summed E-state index contributed by atoms with van der Waals surface area (Å²) in [7, 11) is 0. The number of fused-ring (bicyclic) bond motifs is 1. The first-order chi connectivity index (χ1) is 14.4. The Balaban J connectivity index is 1.56. The maximum absolute atomic E-state index is 12.8. The molecule has 2 aromatic heterocycles. The molecule has 0 amide bonds. The summed E-state index contributed by atoms with van der Waals surface area (Å²) in [4.78, 5) is 28.3. The van der Waals surface area contributed by atoms with Gasteiger partial charge in [-0.2, -0.15) is 0 Å². The number of non-ortho nitro benzene ring substituents is 1. The van der Waals surface area contributed by atoms with Gasteiger partial charge in [0.1, 0.15) is 18.1 Å². The minimum absolute atomic E-state index is 0.0738. The van der Waals surface area contributed by atoms with E-state index in [2.05, 4.69) is 4.98 Å². The molecule has 4 aromatic rings. The standard InChI is InChI=1S/C21H17N3O5S/c1-13-9-15-3-6-18(28-12-19-11-22-14(2)30-19)10-20(15)23(13)21(25)29-17-7-4-16(5-8-17)24(26)27/h3-11H,12H2,1-2H3. The van der Waals surface area contributed by atoms with Gasteiger partial charge in [0.15, 0.2) is 0 Å². The number of carbonyl (C=O) groups is 1. The molecule has 152 valence electrons. The molecule has 0 spiro atoms. The van der Waals surface area contributed by atoms with Gasteiger partial charge in [-0.15, -0.1) is 11.3 Å². The van der Waals surface area contributed by atoms with Crippen molar-refractivity contribution in [3.63, 3.8) is 0 Å². The van der Waals surface area contributed by atoms with Gasteiger partial charge in [0, 0.05) is 35.5 Å². The Bertz CT molecular complexity index is 1240. The number of nitrogens with zero attached hydrogens (tertiary/aromatic N) is 3. The quantitative estimate of drug-likeness (QED) is 0.321. The van der Waals surface area contributed by atoms with Crippen molar-refractivity contribution in [1.29, 1.82) is 0 Å². The highest BCUT2D eigenvalue weighted by Gasteiger charge is 2.16. The van der Waals surface area contributed by atoms with Crippen LogP contribution >= 0.6 is 11.3 Å². The second-order valence-electron chi connectivity index (χ2n) is 6.59. The molecule has 0 N–H and O–H groups in total. The van der Waals surface area contributed by atoms with Gasteiger partial charge in [-0.25, -0.2) is 14.3 Å². The van der Waals surface area contributed by atoms with E-state index in [1.165, 1.54) is 28.8 Å². The number of rotatable bonds is 5. The number of aryl methyl sites for hydroxylation is 2. The molecule has 0 saturated carbocycles. The molecule has 0 bridgehead atoms. The lowest BCUT2D eigenvalue weighted by Crippen LogP contribution is -2.17. The van der Waals surface area contributed by atoms with Crippen LogP contribution in [0.3, 0.4) is 0 Å². The average molecular weight is 423 g/mol. The van der Waals surface area contributed by atoms with Gasteiger partial charge in [0.2, 0.25) is 0 Å². The van der Waals surface area contributed by atoms with E-state index in [9.17, 15) is 14.9 Å². The zero-order valence-corrected chi connectivity index (χ0v) is 17.0. The number of benzene rings is 2. The van der Waals surface area contributed by atoms with Crippen molar-refractivity contribution in [3.8, 4) is 11.5 Å². The Morgan fingerprint density at radius 3 is 2.53 bits per heavy atom. The summed E-state index contributed by atoms with van der Waals surface area (Å²) in [5, 5.41) is 12.6. The zero-order valence-electron chi connectivity index (χ0n) is 16.2. The maximum atomic E-state index is 12.8. The SMILES string of the molecule is Cc1ncc(COc2ccc3cc(C)n(C(=O)Oc4ccc([N+](=O)[O-])cc4)c3c2)s1. The summed E-state index contributed by atoms with van der Waals surface area (Å²) in [5.74, 6) is 0.843. The monoisotopic (exact) mass is 423 g/mol. The van der Waals surface area contributed by atoms with E-state index in [4.69, 9.17) is 9.47 Å². The molecule has 4 rings (SSSR count). The lowest BCUT2D eigenvalue weighted by atomic mass is 10.2. The van der Waals surface area contributed by atoms with E-state index in [0.29, 0.717) is 23.6 Å². The van der Waals surface area contributed by atoms with Crippen molar-refractivity contribution in [2.24, 2.45) is 0 Å². The molecule has 0 aliphatic rings. The van der Waals surface area contributed by atoms with Crippen LogP contribution in [-0.2, 0) is 6.61 Å². The van der Waals surface area contributed by atoms with Crippen LogP contribution in [0.25, 0.3) is 10.9 Å². The Labute approximate surface area is 175 Å². The Kier molecular flexibility index (Phi) is 5.20. The topological polar surface area (TPSA) is 96.5 Å². The largest absolute Gasteiger partial charge is 0.488 e. The van der Waals surface area contributed by atoms with Gasteiger partial charge in [0.25, 0.3) is 5.69 Å². The molecular weight excluding hydrogens is 406 g/mol. The second kappa shape index (κ2) is 7.96. The first kappa shape index (κ1) is 19.6. The number of carbonyl (C=O) groups excluding carboxylic acids is 1. The number of hydrogen-bond donors (Lipinski definition) is 0. The van der Waals surface area contributed by atoms with E-state index < -0.39 is 11.0 Å². The Hall–Kier alpha value is -3.72. The fourth-order valence-corrected chi connectivity index (χ4v) is 3.77. The van der Waals surface area contributed by atoms with Crippen LogP contribution < -0.4 is 9.47 Å². The van der Waals surface area contributed by atoms with Crippen LogP contribution in [-0.4, -0.2) is 20.6 Å². The Morgan fingerprint density at radius 1 is 1.13 bits per heavy atom. The van der Waals surface area contributed by atoms with Gasteiger partial charge in [-0.05, 0) is 44.2 Å². The summed E-state index contributed by atoms with van der Waals surface area (Å²) >= 11 is 1.57. The third-order valence-electron chi connectivity index (χ3n) is 4.45. The highest BCUT2D eigenvalue weighted by molar-refractivity contribution is 7.11. The molecule has 30 heavy (non-hydrogen) atoms. The number of nitro groups is 1. The van der Waals surface area contributed by atoms with Crippen molar-refractivity contribution in [1.82, 2.24) is 9.55 Å². The fraction of sp³-hybridized carbons (Fsp3) is 0.143. The van der Waals surface area contributed by atoms with Crippen molar-refractivity contribution >= 4 is 34.0 Å². The third-order valence-corrected chi connectivity index (χ3v) is 5.33. The number of thiazole rings is 1. The molecule has 9 heteroatoms. The minimum atomic E-state index is -0.605. The predicted molar refractivity (Wildman–Crippen MR) is 112 cm³/mol. The smallest absolute Gasteiger partial charge is 0.424 e. The highest BCUT2D eigenvalue weighted by atomic mass is 32.1. The van der Waals surface area contributed by atoms with Crippen molar-refractivity contribution < 1.29 is 19.2 Å². The molecule has 2 heterocycles. The Morgan fingerprint density at radius 2 is 1.87 bits per heavy atom. The summed E-state index contributed by atoms with van der Waals surface area (Å²) in [6, 6.07) is 12.8. The van der Waals surface area contributed by atoms with E-state index in [0.717, 1.165) is 15.3 Å². The third kappa shape index (κ3) is 4.01. The maximum Gasteiger partial charge on any atom is 0.424 e. The molecule has 0 saturated heterocycles. The van der Waals surface area contributed by atoms with Crippen molar-refractivity contribution in [2.45, 2.75) is 20.5 Å². The van der Waals surface area contributed by atoms with Gasteiger partial charge in [-0.3, -0.25) is 10.1 Å². The van der Waals surface area contributed by atoms with Gasteiger partial charge >= 0.3 is 6.09 Å². The molecule has 0 unspecified atom stereocenters. The lowest BCUT2D eigenvalue weighted by molar-refractivity contribution is -0.384. The molecule has 2 aromatic carbocycles. The highest BCUT2D eigenvalue weighted by Crippen LogP contribution is 2.27. The summed E-state index contributed by atoms with van der Waals surface area (Å²) in [5.41, 5.74) is 1.28. The van der Waals surface area contributed by atoms with E-state index in [-0.39, 0.29) is 11.4 Å². The first-order valence-electron chi connectivity index (χ1n) is 9.03. The molecular formula is C21H17N3O5S. The van der Waals surface area contributed by atoms with E-state index in [1.54, 1.807) is 30.5 Å². The molecule has 0 aliphatic carbocycles. The van der Waals surface area contributed by atoms with Crippen LogP contribution in [0.5, 0.6) is 11.5 Å². The first-order valence-corrected chi connectivity index (χ1v) is 9.85. The van der Waals surface area contributed by atoms with Crippen LogP contribution in [0.4, 0.5) is 10.5 Å². The normalized spacial score (nSPS) is 10.9. The number of aromatic nitrogens is 2. The van der Waals surface area contributed by atoms with E-state index in [1.807, 2.05) is 25.1 Å². The van der Waals surface area contributed by atoms with Crippen molar-refractivity contribution in [3.05, 3.63) is 80.4 Å². The molecule has 0 atom stereocenters. The van der Waals surface area contributed by atoms with Crippen molar-refractivity contribution in [2.75, 3.05) is 0 Å². The summed E-state index contributed by atoms with van der Waals surface area (Å²) in [6.45, 7) is 4.13. The number of ether oxygens (including phenoxy) is 2. The molecule has 0 radical (unpaired) electrons. The molecule has 8 nitrogen and oxygen atoms in total. The van der Waals surface area contributed by atoms with E-state index >= 15 is 0 Å². The summed E-state index contributed by atoms with van der Waals surface area (Å²) < 4.78 is 12.7. The zero-order chi connectivity index (χ0) is 21.3. The lowest BCUT2D eigenvalue weighted by Gasteiger charge is -2.09. The van der Waals surface area contributed by atoms with Crippen LogP contribution in [0.1, 0.15) is 15.6 Å². The fourth-order valence-electron chi connectivity index (χ4n) is 3.06. The summed E-state index contributed by atoms with van der Waals surface area (Å²) in [6.07, 6.45) is 1.18. The average Bonchev–Trinajstić information content (AvgIpc) is 3.28. The predicted octanol–water partition coefficient (Wildman–Crippen LogP) is 5.25. The molecule has 0 fully saturated rings. The van der Waals surface area contributed by atoms with Gasteiger partial charge in [0.05, 0.1) is 20.3 Å². The van der Waals surface area contributed by atoms with Crippen LogP contribution in [0.15, 0.2) is 54.7 Å². The molecule has 0 aliphatic heterocycles. The van der Waals surface area contributed by atoms with Gasteiger partial charge in [-0.1, -0.05) is 0 Å². The second-order valence-corrected chi connectivity index (χ2v) is 7.91. The van der Waals surface area contributed by atoms with Gasteiger partial charge < -0.3 is 9.47 Å². The number of nitro benzene ring substituents is 1. The van der Waals surface area contributed by atoms with Crippen LogP contribution in [0.2, 0.25) is 0 Å². The minimum Gasteiger partial charge on any atom is -0.488 e. The van der Waals surface area contributed by atoms with Crippen LogP contribution in [0, 0.1) is 24.0 Å².